The van der Waals surface area contributed by atoms with Gasteiger partial charge >= 0.3 is 0 Å². The molecule has 2 heterocycles. The van der Waals surface area contributed by atoms with E-state index in [4.69, 9.17) is 4.74 Å². The Balaban J connectivity index is 2.06. The fourth-order valence-corrected chi connectivity index (χ4v) is 4.32. The van der Waals surface area contributed by atoms with Gasteiger partial charge in [-0.1, -0.05) is 6.07 Å². The molecule has 8 heteroatoms. The van der Waals surface area contributed by atoms with E-state index in [0.29, 0.717) is 16.7 Å². The molecule has 3 aromatic rings. The van der Waals surface area contributed by atoms with Gasteiger partial charge in [0.2, 0.25) is 0 Å². The van der Waals surface area contributed by atoms with E-state index in [1.807, 2.05) is 6.92 Å². The average molecular weight is 323 g/mol. The Kier molecular flexibility index (Phi) is 3.34. The topological polar surface area (TPSA) is 84.1 Å². The molecule has 2 aromatic heterocycles. The number of aromatic amines is 1. The van der Waals surface area contributed by atoms with Crippen molar-refractivity contribution in [3.8, 4) is 5.75 Å². The number of sulfonamides is 1. The first-order valence-corrected chi connectivity index (χ1v) is 8.41. The summed E-state index contributed by atoms with van der Waals surface area (Å²) in [6.45, 7) is 1.86. The quantitative estimate of drug-likeness (QED) is 0.773. The molecule has 0 saturated heterocycles. The molecule has 0 amide bonds. The Bertz CT molecular complexity index is 896. The molecule has 2 N–H and O–H groups in total. The number of hydrogen-bond acceptors (Lipinski definition) is 5. The van der Waals surface area contributed by atoms with E-state index in [0.717, 1.165) is 4.88 Å². The number of thiophene rings is 1. The third kappa shape index (κ3) is 2.47. The van der Waals surface area contributed by atoms with Crippen LogP contribution in [0.5, 0.6) is 5.75 Å². The van der Waals surface area contributed by atoms with Crippen molar-refractivity contribution in [3.63, 3.8) is 0 Å². The number of nitrogens with zero attached hydrogens (tertiary/aromatic N) is 1. The molecular formula is C13H13N3O3S2. The Morgan fingerprint density at radius 3 is 2.76 bits per heavy atom. The van der Waals surface area contributed by atoms with Crippen molar-refractivity contribution >= 4 is 38.1 Å². The van der Waals surface area contributed by atoms with Crippen LogP contribution in [0.2, 0.25) is 0 Å². The lowest BCUT2D eigenvalue weighted by atomic mass is 10.2. The Morgan fingerprint density at radius 1 is 1.29 bits per heavy atom. The SMILES string of the molecule is COc1cccc2[nH]nc(NS(=O)(=O)c3ccc(C)s3)c12. The summed E-state index contributed by atoms with van der Waals surface area (Å²) in [6.07, 6.45) is 0. The van der Waals surface area contributed by atoms with E-state index < -0.39 is 10.0 Å². The van der Waals surface area contributed by atoms with Crippen molar-refractivity contribution in [2.45, 2.75) is 11.1 Å². The summed E-state index contributed by atoms with van der Waals surface area (Å²) in [4.78, 5) is 0.930. The smallest absolute Gasteiger partial charge is 0.272 e. The van der Waals surface area contributed by atoms with Crippen LogP contribution >= 0.6 is 11.3 Å². The number of anilines is 1. The normalized spacial score (nSPS) is 11.7. The highest BCUT2D eigenvalue weighted by atomic mass is 32.2. The Hall–Kier alpha value is -2.06. The summed E-state index contributed by atoms with van der Waals surface area (Å²) in [6, 6.07) is 8.71. The number of ether oxygens (including phenoxy) is 1. The third-order valence-electron chi connectivity index (χ3n) is 2.98. The van der Waals surface area contributed by atoms with Gasteiger partial charge in [-0.3, -0.25) is 9.82 Å². The number of hydrogen-bond donors (Lipinski definition) is 2. The molecule has 0 unspecified atom stereocenters. The first-order chi connectivity index (χ1) is 10.0. The minimum atomic E-state index is -3.65. The first kappa shape index (κ1) is 13.9. The second kappa shape index (κ2) is 5.05. The van der Waals surface area contributed by atoms with Crippen molar-refractivity contribution in [1.82, 2.24) is 10.2 Å². The molecule has 21 heavy (non-hydrogen) atoms. The molecule has 0 atom stereocenters. The molecule has 1 aromatic carbocycles. The molecule has 0 radical (unpaired) electrons. The molecule has 0 aliphatic heterocycles. The maximum absolute atomic E-state index is 12.4. The van der Waals surface area contributed by atoms with Crippen molar-refractivity contribution in [1.29, 1.82) is 0 Å². The van der Waals surface area contributed by atoms with Crippen molar-refractivity contribution in [2.75, 3.05) is 11.8 Å². The standard InChI is InChI=1S/C13H13N3O3S2/c1-8-6-7-11(20-8)21(17,18)16-13-12-9(14-15-13)4-3-5-10(12)19-2/h3-7H,1-2H3,(H2,14,15,16). The van der Waals surface area contributed by atoms with E-state index in [9.17, 15) is 8.42 Å². The molecule has 0 saturated carbocycles. The van der Waals surface area contributed by atoms with Gasteiger partial charge in [-0.25, -0.2) is 8.42 Å². The van der Waals surface area contributed by atoms with Crippen LogP contribution in [0.25, 0.3) is 10.9 Å². The molecular weight excluding hydrogens is 310 g/mol. The van der Waals surface area contributed by atoms with Crippen molar-refractivity contribution in [2.24, 2.45) is 0 Å². The second-order valence-corrected chi connectivity index (χ2v) is 7.62. The van der Waals surface area contributed by atoms with Crippen LogP contribution in [-0.2, 0) is 10.0 Å². The minimum Gasteiger partial charge on any atom is -0.496 e. The van der Waals surface area contributed by atoms with Crippen LogP contribution in [0.4, 0.5) is 5.82 Å². The van der Waals surface area contributed by atoms with Gasteiger partial charge in [-0.05, 0) is 31.2 Å². The highest BCUT2D eigenvalue weighted by Crippen LogP contribution is 2.32. The number of methoxy groups -OCH3 is 1. The summed E-state index contributed by atoms with van der Waals surface area (Å²) in [5.41, 5.74) is 0.703. The maximum atomic E-state index is 12.4. The highest BCUT2D eigenvalue weighted by Gasteiger charge is 2.20. The zero-order chi connectivity index (χ0) is 15.0. The van der Waals surface area contributed by atoms with Crippen LogP contribution in [0.3, 0.4) is 0 Å². The zero-order valence-corrected chi connectivity index (χ0v) is 13.0. The van der Waals surface area contributed by atoms with Crippen molar-refractivity contribution in [3.05, 3.63) is 35.2 Å². The average Bonchev–Trinajstić information content (AvgIpc) is 3.06. The molecule has 0 fully saturated rings. The highest BCUT2D eigenvalue weighted by molar-refractivity contribution is 7.94. The van der Waals surface area contributed by atoms with Gasteiger partial charge < -0.3 is 4.74 Å². The minimum absolute atomic E-state index is 0.230. The number of aryl methyl sites for hydroxylation is 1. The molecule has 0 aliphatic rings. The Labute approximate surface area is 125 Å². The fraction of sp³-hybridized carbons (Fsp3) is 0.154. The third-order valence-corrected chi connectivity index (χ3v) is 5.81. The molecule has 0 aliphatic carbocycles. The van der Waals surface area contributed by atoms with E-state index in [2.05, 4.69) is 14.9 Å². The van der Waals surface area contributed by atoms with E-state index in [-0.39, 0.29) is 10.0 Å². The van der Waals surface area contributed by atoms with Gasteiger partial charge in [0.15, 0.2) is 5.82 Å². The monoisotopic (exact) mass is 323 g/mol. The predicted octanol–water partition coefficient (Wildman–Crippen LogP) is 2.74. The molecule has 110 valence electrons. The van der Waals surface area contributed by atoms with Gasteiger partial charge in [0, 0.05) is 4.88 Å². The van der Waals surface area contributed by atoms with Crippen molar-refractivity contribution < 1.29 is 13.2 Å². The van der Waals surface area contributed by atoms with Crippen LogP contribution < -0.4 is 9.46 Å². The fourth-order valence-electron chi connectivity index (χ4n) is 2.02. The van der Waals surface area contributed by atoms with Gasteiger partial charge in [0.05, 0.1) is 18.0 Å². The molecule has 0 spiro atoms. The number of rotatable bonds is 4. The molecule has 0 bridgehead atoms. The van der Waals surface area contributed by atoms with Crippen LogP contribution in [0, 0.1) is 6.92 Å². The molecule has 3 rings (SSSR count). The van der Waals surface area contributed by atoms with Gasteiger partial charge in [-0.2, -0.15) is 5.10 Å². The van der Waals surface area contributed by atoms with E-state index in [1.54, 1.807) is 30.3 Å². The first-order valence-electron chi connectivity index (χ1n) is 6.11. The number of fused-ring (bicyclic) bond motifs is 1. The maximum Gasteiger partial charge on any atom is 0.272 e. The number of aromatic nitrogens is 2. The number of H-pyrrole nitrogens is 1. The van der Waals surface area contributed by atoms with E-state index >= 15 is 0 Å². The summed E-state index contributed by atoms with van der Waals surface area (Å²) >= 11 is 1.21. The van der Waals surface area contributed by atoms with Crippen LogP contribution in [0.15, 0.2) is 34.5 Å². The summed E-state index contributed by atoms with van der Waals surface area (Å²) in [5.74, 6) is 0.787. The van der Waals surface area contributed by atoms with Gasteiger partial charge in [0.25, 0.3) is 10.0 Å². The predicted molar refractivity (Wildman–Crippen MR) is 82.5 cm³/mol. The lowest BCUT2D eigenvalue weighted by molar-refractivity contribution is 0.420. The lowest BCUT2D eigenvalue weighted by Gasteiger charge is -2.06. The lowest BCUT2D eigenvalue weighted by Crippen LogP contribution is -2.12. The Morgan fingerprint density at radius 2 is 2.10 bits per heavy atom. The largest absolute Gasteiger partial charge is 0.496 e. The van der Waals surface area contributed by atoms with Crippen LogP contribution in [0.1, 0.15) is 4.88 Å². The molecule has 6 nitrogen and oxygen atoms in total. The summed E-state index contributed by atoms with van der Waals surface area (Å²) < 4.78 is 32.7. The zero-order valence-electron chi connectivity index (χ0n) is 11.4. The van der Waals surface area contributed by atoms with Gasteiger partial charge in [-0.15, -0.1) is 11.3 Å². The van der Waals surface area contributed by atoms with Crippen LogP contribution in [-0.4, -0.2) is 25.7 Å². The summed E-state index contributed by atoms with van der Waals surface area (Å²) in [5, 5.41) is 7.43. The van der Waals surface area contributed by atoms with Gasteiger partial charge in [0.1, 0.15) is 9.96 Å². The second-order valence-electron chi connectivity index (χ2n) is 4.43. The number of benzene rings is 1. The number of nitrogens with one attached hydrogen (secondary N) is 2. The summed E-state index contributed by atoms with van der Waals surface area (Å²) in [7, 11) is -2.12. The van der Waals surface area contributed by atoms with E-state index in [1.165, 1.54) is 18.4 Å².